The van der Waals surface area contributed by atoms with Gasteiger partial charge < -0.3 is 10.2 Å². The normalized spacial score (nSPS) is 17.6. The number of nitrogens with zero attached hydrogens (tertiary/aromatic N) is 3. The monoisotopic (exact) mass is 240 g/mol. The van der Waals surface area contributed by atoms with E-state index in [1.54, 1.807) is 0 Å². The highest BCUT2D eigenvalue weighted by atomic mass is 32.1. The lowest BCUT2D eigenvalue weighted by Gasteiger charge is -2.28. The number of hydrogen-bond donors (Lipinski definition) is 1. The molecule has 16 heavy (non-hydrogen) atoms. The van der Waals surface area contributed by atoms with Gasteiger partial charge in [0, 0.05) is 24.6 Å². The van der Waals surface area contributed by atoms with E-state index in [1.807, 2.05) is 6.92 Å². The predicted molar refractivity (Wildman–Crippen MR) is 68.1 cm³/mol. The van der Waals surface area contributed by atoms with Crippen molar-refractivity contribution in [1.82, 2.24) is 14.7 Å². The quantitative estimate of drug-likeness (QED) is 0.869. The first-order chi connectivity index (χ1) is 7.79. The first kappa shape index (κ1) is 11.8. The van der Waals surface area contributed by atoms with Gasteiger partial charge >= 0.3 is 0 Å². The van der Waals surface area contributed by atoms with Crippen LogP contribution in [-0.2, 0) is 0 Å². The Balaban J connectivity index is 1.94. The zero-order chi connectivity index (χ0) is 11.4. The Kier molecular flexibility index (Phi) is 4.12. The molecule has 0 aromatic carbocycles. The summed E-state index contributed by atoms with van der Waals surface area (Å²) in [5.74, 6) is 1.70. The van der Waals surface area contributed by atoms with Crippen molar-refractivity contribution in [3.8, 4) is 0 Å². The molecule has 0 amide bonds. The molecule has 0 saturated carbocycles. The minimum Gasteiger partial charge on any atom is -0.347 e. The zero-order valence-electron chi connectivity index (χ0n) is 10.1. The molecule has 0 unspecified atom stereocenters. The standard InChI is InChI=1S/C11H20N4S/c1-3-15(11-13-9(2)14-16-11)8-10-4-6-12-7-5-10/h10,12H,3-8H2,1-2H3. The highest BCUT2D eigenvalue weighted by Crippen LogP contribution is 2.21. The number of aromatic nitrogens is 2. The molecule has 1 aromatic rings. The minimum absolute atomic E-state index is 0.811. The lowest BCUT2D eigenvalue weighted by molar-refractivity contribution is 0.374. The van der Waals surface area contributed by atoms with E-state index in [4.69, 9.17) is 0 Å². The van der Waals surface area contributed by atoms with E-state index in [9.17, 15) is 0 Å². The molecule has 0 bridgehead atoms. The number of anilines is 1. The maximum absolute atomic E-state index is 4.47. The number of aryl methyl sites for hydroxylation is 1. The second kappa shape index (κ2) is 5.59. The summed E-state index contributed by atoms with van der Waals surface area (Å²) < 4.78 is 4.26. The summed E-state index contributed by atoms with van der Waals surface area (Å²) >= 11 is 1.52. The van der Waals surface area contributed by atoms with Crippen molar-refractivity contribution in [2.45, 2.75) is 26.7 Å². The molecule has 1 fully saturated rings. The number of hydrogen-bond acceptors (Lipinski definition) is 5. The summed E-state index contributed by atoms with van der Waals surface area (Å²) in [4.78, 5) is 6.83. The Labute approximate surface area is 101 Å². The first-order valence-corrected chi connectivity index (χ1v) is 6.83. The lowest BCUT2D eigenvalue weighted by atomic mass is 9.98. The highest BCUT2D eigenvalue weighted by Gasteiger charge is 2.18. The van der Waals surface area contributed by atoms with Gasteiger partial charge in [-0.15, -0.1) is 0 Å². The van der Waals surface area contributed by atoms with Gasteiger partial charge in [0.25, 0.3) is 0 Å². The molecule has 0 radical (unpaired) electrons. The Bertz CT molecular complexity index is 320. The van der Waals surface area contributed by atoms with Crippen molar-refractivity contribution < 1.29 is 0 Å². The molecule has 1 aliphatic rings. The van der Waals surface area contributed by atoms with Crippen molar-refractivity contribution in [3.05, 3.63) is 5.82 Å². The van der Waals surface area contributed by atoms with E-state index in [2.05, 4.69) is 26.5 Å². The van der Waals surface area contributed by atoms with Crippen LogP contribution in [0, 0.1) is 12.8 Å². The average Bonchev–Trinajstić information content (AvgIpc) is 2.74. The summed E-state index contributed by atoms with van der Waals surface area (Å²) in [5, 5.41) is 4.49. The molecule has 1 aromatic heterocycles. The first-order valence-electron chi connectivity index (χ1n) is 6.05. The van der Waals surface area contributed by atoms with E-state index in [1.165, 1.54) is 24.4 Å². The van der Waals surface area contributed by atoms with Crippen molar-refractivity contribution in [2.75, 3.05) is 31.1 Å². The fourth-order valence-corrected chi connectivity index (χ4v) is 2.88. The molecule has 0 spiro atoms. The van der Waals surface area contributed by atoms with Gasteiger partial charge in [0.2, 0.25) is 5.13 Å². The summed E-state index contributed by atoms with van der Waals surface area (Å²) in [6.45, 7) is 8.64. The van der Waals surface area contributed by atoms with Crippen molar-refractivity contribution in [1.29, 1.82) is 0 Å². The van der Waals surface area contributed by atoms with Crippen molar-refractivity contribution in [2.24, 2.45) is 5.92 Å². The maximum Gasteiger partial charge on any atom is 0.205 e. The summed E-state index contributed by atoms with van der Waals surface area (Å²) in [6, 6.07) is 0. The van der Waals surface area contributed by atoms with Gasteiger partial charge in [-0.2, -0.15) is 4.37 Å². The molecule has 1 N–H and O–H groups in total. The predicted octanol–water partition coefficient (Wildman–Crippen LogP) is 1.67. The third kappa shape index (κ3) is 2.92. The molecule has 1 aliphatic heterocycles. The van der Waals surface area contributed by atoms with Crippen LogP contribution in [0.4, 0.5) is 5.13 Å². The van der Waals surface area contributed by atoms with Gasteiger partial charge in [-0.05, 0) is 45.7 Å². The molecular formula is C11H20N4S. The molecule has 0 aliphatic carbocycles. The van der Waals surface area contributed by atoms with Gasteiger partial charge in [-0.3, -0.25) is 0 Å². The van der Waals surface area contributed by atoms with E-state index >= 15 is 0 Å². The molecule has 4 nitrogen and oxygen atoms in total. The number of rotatable bonds is 4. The Hall–Kier alpha value is -0.680. The molecule has 2 heterocycles. The lowest BCUT2D eigenvalue weighted by Crippen LogP contribution is -2.36. The zero-order valence-corrected chi connectivity index (χ0v) is 10.9. The van der Waals surface area contributed by atoms with E-state index in [-0.39, 0.29) is 0 Å². The number of piperidine rings is 1. The average molecular weight is 240 g/mol. The molecule has 0 atom stereocenters. The molecule has 5 heteroatoms. The SMILES string of the molecule is CCN(CC1CCNCC1)c1nc(C)ns1. The Morgan fingerprint density at radius 1 is 1.44 bits per heavy atom. The van der Waals surface area contributed by atoms with Crippen LogP contribution in [0.3, 0.4) is 0 Å². The minimum atomic E-state index is 0.811. The largest absolute Gasteiger partial charge is 0.347 e. The second-order valence-corrected chi connectivity index (χ2v) is 5.09. The summed E-state index contributed by atoms with van der Waals surface area (Å²) in [7, 11) is 0. The Morgan fingerprint density at radius 2 is 2.19 bits per heavy atom. The third-order valence-electron chi connectivity index (χ3n) is 3.11. The second-order valence-electron chi connectivity index (χ2n) is 4.36. The van der Waals surface area contributed by atoms with E-state index in [0.29, 0.717) is 0 Å². The van der Waals surface area contributed by atoms with Crippen LogP contribution in [0.1, 0.15) is 25.6 Å². The third-order valence-corrected chi connectivity index (χ3v) is 3.97. The summed E-state index contributed by atoms with van der Waals surface area (Å²) in [5.41, 5.74) is 0. The van der Waals surface area contributed by atoms with E-state index < -0.39 is 0 Å². The van der Waals surface area contributed by atoms with Crippen LogP contribution in [0.2, 0.25) is 0 Å². The van der Waals surface area contributed by atoms with Gasteiger partial charge in [0.15, 0.2) is 0 Å². The molecule has 2 rings (SSSR count). The molecule has 90 valence electrons. The topological polar surface area (TPSA) is 41.0 Å². The van der Waals surface area contributed by atoms with Crippen LogP contribution >= 0.6 is 11.5 Å². The molecular weight excluding hydrogens is 220 g/mol. The fraction of sp³-hybridized carbons (Fsp3) is 0.818. The van der Waals surface area contributed by atoms with Crippen molar-refractivity contribution in [3.63, 3.8) is 0 Å². The van der Waals surface area contributed by atoms with Gasteiger partial charge in [-0.1, -0.05) is 0 Å². The molecule has 1 saturated heterocycles. The van der Waals surface area contributed by atoms with Crippen LogP contribution in [0.5, 0.6) is 0 Å². The van der Waals surface area contributed by atoms with Crippen molar-refractivity contribution >= 4 is 16.7 Å². The highest BCUT2D eigenvalue weighted by molar-refractivity contribution is 7.09. The van der Waals surface area contributed by atoms with Crippen LogP contribution in [-0.4, -0.2) is 35.5 Å². The Morgan fingerprint density at radius 3 is 2.75 bits per heavy atom. The van der Waals surface area contributed by atoms with Gasteiger partial charge in [0.05, 0.1) is 0 Å². The fourth-order valence-electron chi connectivity index (χ4n) is 2.13. The van der Waals surface area contributed by atoms with E-state index in [0.717, 1.165) is 43.1 Å². The van der Waals surface area contributed by atoms with Crippen LogP contribution in [0.25, 0.3) is 0 Å². The maximum atomic E-state index is 4.47. The van der Waals surface area contributed by atoms with Gasteiger partial charge in [0.1, 0.15) is 5.82 Å². The van der Waals surface area contributed by atoms with Gasteiger partial charge in [-0.25, -0.2) is 4.98 Å². The summed E-state index contributed by atoms with van der Waals surface area (Å²) in [6.07, 6.45) is 2.57. The number of nitrogens with one attached hydrogen (secondary N) is 1. The smallest absolute Gasteiger partial charge is 0.205 e. The van der Waals surface area contributed by atoms with Crippen LogP contribution in [0.15, 0.2) is 0 Å². The van der Waals surface area contributed by atoms with Crippen LogP contribution < -0.4 is 10.2 Å².